The summed E-state index contributed by atoms with van der Waals surface area (Å²) in [6.07, 6.45) is 3.25. The molecule has 0 heterocycles. The van der Waals surface area contributed by atoms with E-state index in [2.05, 4.69) is 12.1 Å². The zero-order valence-electron chi connectivity index (χ0n) is 13.0. The minimum atomic E-state index is 0.476. The number of nitrogens with zero attached hydrogens (tertiary/aromatic N) is 2. The second-order valence-electron chi connectivity index (χ2n) is 4.71. The molecule has 118 valence electrons. The molecule has 1 aromatic rings. The summed E-state index contributed by atoms with van der Waals surface area (Å²) in [5.41, 5.74) is 0. The molecule has 0 N–H and O–H groups in total. The van der Waals surface area contributed by atoms with Gasteiger partial charge in [0.1, 0.15) is 17.2 Å². The first-order chi connectivity index (χ1) is 10.8. The first-order valence-corrected chi connectivity index (χ1v) is 7.57. The van der Waals surface area contributed by atoms with Gasteiger partial charge in [-0.1, -0.05) is 6.92 Å². The maximum atomic E-state index is 8.52. The lowest BCUT2D eigenvalue weighted by Gasteiger charge is -2.12. The minimum absolute atomic E-state index is 0.476. The number of hydrogen-bond acceptors (Lipinski definition) is 5. The van der Waals surface area contributed by atoms with Crippen molar-refractivity contribution in [2.75, 3.05) is 19.8 Å². The monoisotopic (exact) mass is 302 g/mol. The number of ether oxygens (including phenoxy) is 3. The van der Waals surface area contributed by atoms with Crippen molar-refractivity contribution in [2.45, 2.75) is 39.0 Å². The Morgan fingerprint density at radius 3 is 1.55 bits per heavy atom. The van der Waals surface area contributed by atoms with Crippen LogP contribution in [0.15, 0.2) is 18.2 Å². The van der Waals surface area contributed by atoms with E-state index in [1.807, 2.05) is 19.1 Å². The molecule has 1 aromatic carbocycles. The molecule has 0 aliphatic heterocycles. The Bertz CT molecular complexity index is 477. The van der Waals surface area contributed by atoms with Gasteiger partial charge in [0.05, 0.1) is 32.0 Å². The molecule has 0 bridgehead atoms. The quantitative estimate of drug-likeness (QED) is 0.580. The van der Waals surface area contributed by atoms with Crippen molar-refractivity contribution in [3.05, 3.63) is 18.2 Å². The molecule has 0 aromatic heterocycles. The number of hydrogen-bond donors (Lipinski definition) is 0. The fourth-order valence-corrected chi connectivity index (χ4v) is 1.70. The largest absolute Gasteiger partial charge is 0.493 e. The Kier molecular flexibility index (Phi) is 9.05. The fraction of sp³-hybridized carbons (Fsp3) is 0.529. The number of nitriles is 2. The Hall–Kier alpha value is -2.40. The van der Waals surface area contributed by atoms with Crippen molar-refractivity contribution in [1.82, 2.24) is 0 Å². The van der Waals surface area contributed by atoms with Crippen LogP contribution in [0.2, 0.25) is 0 Å². The number of rotatable bonds is 11. The highest BCUT2D eigenvalue weighted by atomic mass is 16.5. The van der Waals surface area contributed by atoms with Gasteiger partial charge in [-0.05, 0) is 19.3 Å². The summed E-state index contributed by atoms with van der Waals surface area (Å²) in [5.74, 6) is 2.04. The molecule has 0 saturated carbocycles. The molecule has 0 atom stereocenters. The normalized spacial score (nSPS) is 9.59. The molecule has 0 radical (unpaired) electrons. The topological polar surface area (TPSA) is 75.3 Å². The van der Waals surface area contributed by atoms with Crippen LogP contribution in [0.1, 0.15) is 39.0 Å². The predicted octanol–water partition coefficient (Wildman–Crippen LogP) is 3.84. The van der Waals surface area contributed by atoms with Gasteiger partial charge in [-0.15, -0.1) is 0 Å². The molecular formula is C17H22N2O3. The summed E-state index contributed by atoms with van der Waals surface area (Å²) >= 11 is 0. The summed E-state index contributed by atoms with van der Waals surface area (Å²) in [6.45, 7) is 3.64. The van der Waals surface area contributed by atoms with Gasteiger partial charge in [0.25, 0.3) is 0 Å². The van der Waals surface area contributed by atoms with Crippen LogP contribution in [0.4, 0.5) is 0 Å². The highest BCUT2D eigenvalue weighted by Crippen LogP contribution is 2.28. The van der Waals surface area contributed by atoms with Gasteiger partial charge in [0, 0.05) is 31.0 Å². The van der Waals surface area contributed by atoms with E-state index in [1.165, 1.54) is 0 Å². The summed E-state index contributed by atoms with van der Waals surface area (Å²) in [4.78, 5) is 0. The molecule has 0 fully saturated rings. The number of unbranched alkanes of at least 4 members (excludes halogenated alkanes) is 2. The molecular weight excluding hydrogens is 280 g/mol. The van der Waals surface area contributed by atoms with Gasteiger partial charge < -0.3 is 14.2 Å². The molecule has 0 aliphatic rings. The van der Waals surface area contributed by atoms with Crippen molar-refractivity contribution in [3.63, 3.8) is 0 Å². The van der Waals surface area contributed by atoms with Crippen molar-refractivity contribution in [3.8, 4) is 29.4 Å². The van der Waals surface area contributed by atoms with Crippen molar-refractivity contribution in [2.24, 2.45) is 0 Å². The maximum Gasteiger partial charge on any atom is 0.126 e. The van der Waals surface area contributed by atoms with E-state index < -0.39 is 0 Å². The Balaban J connectivity index is 2.64. The third-order valence-electron chi connectivity index (χ3n) is 2.73. The molecule has 22 heavy (non-hydrogen) atoms. The first kappa shape index (κ1) is 17.7. The summed E-state index contributed by atoms with van der Waals surface area (Å²) in [6, 6.07) is 9.63. The molecule has 0 saturated heterocycles. The van der Waals surface area contributed by atoms with E-state index in [0.29, 0.717) is 62.8 Å². The minimum Gasteiger partial charge on any atom is -0.493 e. The molecule has 0 spiro atoms. The summed E-state index contributed by atoms with van der Waals surface area (Å²) in [5, 5.41) is 17.0. The first-order valence-electron chi connectivity index (χ1n) is 7.57. The van der Waals surface area contributed by atoms with Crippen molar-refractivity contribution < 1.29 is 14.2 Å². The zero-order valence-corrected chi connectivity index (χ0v) is 13.0. The Morgan fingerprint density at radius 2 is 1.18 bits per heavy atom. The van der Waals surface area contributed by atoms with Crippen LogP contribution in [-0.2, 0) is 0 Å². The van der Waals surface area contributed by atoms with E-state index in [-0.39, 0.29) is 0 Å². The molecule has 0 amide bonds. The second kappa shape index (κ2) is 11.3. The smallest absolute Gasteiger partial charge is 0.126 e. The van der Waals surface area contributed by atoms with Crippen molar-refractivity contribution in [1.29, 1.82) is 10.5 Å². The van der Waals surface area contributed by atoms with Crippen LogP contribution in [0, 0.1) is 22.7 Å². The van der Waals surface area contributed by atoms with Crippen LogP contribution in [-0.4, -0.2) is 19.8 Å². The van der Waals surface area contributed by atoms with Gasteiger partial charge >= 0.3 is 0 Å². The van der Waals surface area contributed by atoms with Crippen molar-refractivity contribution >= 4 is 0 Å². The molecule has 1 rings (SSSR count). The average molecular weight is 302 g/mol. The van der Waals surface area contributed by atoms with E-state index in [4.69, 9.17) is 24.7 Å². The van der Waals surface area contributed by atoms with Gasteiger partial charge in [-0.25, -0.2) is 0 Å². The SMILES string of the molecule is CCCOc1cc(OCCCC#N)cc(OCCCC#N)c1. The van der Waals surface area contributed by atoms with Gasteiger partial charge in [0.2, 0.25) is 0 Å². The predicted molar refractivity (Wildman–Crippen MR) is 82.9 cm³/mol. The maximum absolute atomic E-state index is 8.52. The lowest BCUT2D eigenvalue weighted by molar-refractivity contribution is 0.284. The Labute approximate surface area is 132 Å². The second-order valence-corrected chi connectivity index (χ2v) is 4.71. The standard InChI is InChI=1S/C17H22N2O3/c1-2-9-20-15-12-16(21-10-5-3-7-18)14-17(13-15)22-11-6-4-8-19/h12-14H,2-6,9-11H2,1H3. The fourth-order valence-electron chi connectivity index (χ4n) is 1.70. The average Bonchev–Trinajstić information content (AvgIpc) is 2.54. The van der Waals surface area contributed by atoms with Gasteiger partial charge in [-0.3, -0.25) is 0 Å². The summed E-state index contributed by atoms with van der Waals surface area (Å²) < 4.78 is 16.9. The van der Waals surface area contributed by atoms with Crippen LogP contribution < -0.4 is 14.2 Å². The highest BCUT2D eigenvalue weighted by Gasteiger charge is 2.05. The molecule has 5 nitrogen and oxygen atoms in total. The van der Waals surface area contributed by atoms with E-state index >= 15 is 0 Å². The lowest BCUT2D eigenvalue weighted by Crippen LogP contribution is -2.01. The molecule has 0 unspecified atom stereocenters. The van der Waals surface area contributed by atoms with E-state index in [9.17, 15) is 0 Å². The van der Waals surface area contributed by atoms with Crippen LogP contribution in [0.5, 0.6) is 17.2 Å². The van der Waals surface area contributed by atoms with Crippen LogP contribution in [0.25, 0.3) is 0 Å². The third-order valence-corrected chi connectivity index (χ3v) is 2.73. The van der Waals surface area contributed by atoms with Crippen LogP contribution >= 0.6 is 0 Å². The summed E-state index contributed by atoms with van der Waals surface area (Å²) in [7, 11) is 0. The van der Waals surface area contributed by atoms with Crippen LogP contribution in [0.3, 0.4) is 0 Å². The van der Waals surface area contributed by atoms with E-state index in [0.717, 1.165) is 6.42 Å². The van der Waals surface area contributed by atoms with E-state index in [1.54, 1.807) is 6.07 Å². The lowest BCUT2D eigenvalue weighted by atomic mass is 10.3. The Morgan fingerprint density at radius 1 is 0.773 bits per heavy atom. The third kappa shape index (κ3) is 7.40. The van der Waals surface area contributed by atoms with Gasteiger partial charge in [-0.2, -0.15) is 10.5 Å². The highest BCUT2D eigenvalue weighted by molar-refractivity contribution is 5.42. The molecule has 0 aliphatic carbocycles. The molecule has 5 heteroatoms. The van der Waals surface area contributed by atoms with Gasteiger partial charge in [0.15, 0.2) is 0 Å². The number of benzene rings is 1. The zero-order chi connectivity index (χ0) is 16.0.